The molecule has 0 saturated heterocycles. The van der Waals surface area contributed by atoms with Gasteiger partial charge in [0.05, 0.1) is 28.7 Å². The first-order valence-electron chi connectivity index (χ1n) is 7.60. The Kier molecular flexibility index (Phi) is 4.99. The van der Waals surface area contributed by atoms with Crippen molar-refractivity contribution >= 4 is 23.7 Å². The maximum Gasteiger partial charge on any atom is 0.275 e. The van der Waals surface area contributed by atoms with E-state index in [1.54, 1.807) is 31.2 Å². The molecule has 0 aliphatic rings. The van der Waals surface area contributed by atoms with Crippen LogP contribution in [-0.2, 0) is 0 Å². The maximum atomic E-state index is 13.1. The number of carbonyl (C=O) groups excluding carboxylic acids is 1. The molecule has 1 amide bonds. The summed E-state index contributed by atoms with van der Waals surface area (Å²) >= 11 is 6.32. The summed E-state index contributed by atoms with van der Waals surface area (Å²) in [6.07, 6.45) is 1.36. The molecule has 0 atom stereocenters. The topological polar surface area (TPSA) is 79.5 Å². The summed E-state index contributed by atoms with van der Waals surface area (Å²) in [4.78, 5) is 12.0. The summed E-state index contributed by atoms with van der Waals surface area (Å²) < 4.78 is 14.5. The molecule has 0 radical (unpaired) electrons. The molecule has 0 aliphatic carbocycles. The van der Waals surface area contributed by atoms with Crippen molar-refractivity contribution in [2.24, 2.45) is 5.10 Å². The zero-order valence-corrected chi connectivity index (χ0v) is 14.4. The smallest absolute Gasteiger partial charge is 0.275 e. The Morgan fingerprint density at radius 1 is 1.27 bits per heavy atom. The lowest BCUT2D eigenvalue weighted by atomic mass is 10.2. The maximum absolute atomic E-state index is 13.1. The number of para-hydroxylation sites is 1. The lowest BCUT2D eigenvalue weighted by molar-refractivity contribution is 0.0952. The molecule has 1 heterocycles. The molecule has 3 rings (SSSR count). The fourth-order valence-electron chi connectivity index (χ4n) is 2.29. The molecule has 0 aliphatic heterocycles. The zero-order chi connectivity index (χ0) is 18.7. The Hall–Kier alpha value is -3.19. The van der Waals surface area contributed by atoms with Crippen molar-refractivity contribution in [1.82, 2.24) is 15.2 Å². The number of rotatable bonds is 4. The number of benzene rings is 2. The second-order valence-electron chi connectivity index (χ2n) is 5.39. The van der Waals surface area contributed by atoms with Gasteiger partial charge >= 0.3 is 0 Å². The van der Waals surface area contributed by atoms with E-state index in [9.17, 15) is 14.3 Å². The van der Waals surface area contributed by atoms with Crippen molar-refractivity contribution in [1.29, 1.82) is 0 Å². The Labute approximate surface area is 153 Å². The number of hydrazone groups is 1. The summed E-state index contributed by atoms with van der Waals surface area (Å²) in [5.41, 5.74) is 4.12. The molecule has 1 aromatic heterocycles. The molecular formula is C18H14ClFN4O2. The van der Waals surface area contributed by atoms with E-state index in [1.807, 2.05) is 0 Å². The van der Waals surface area contributed by atoms with Crippen molar-refractivity contribution in [3.8, 4) is 11.4 Å². The molecule has 0 fully saturated rings. The number of aryl methyl sites for hydroxylation is 1. The van der Waals surface area contributed by atoms with Crippen molar-refractivity contribution in [2.75, 3.05) is 0 Å². The van der Waals surface area contributed by atoms with Gasteiger partial charge in [-0.1, -0.05) is 23.7 Å². The second-order valence-corrected chi connectivity index (χ2v) is 5.75. The average molecular weight is 373 g/mol. The van der Waals surface area contributed by atoms with Crippen LogP contribution >= 0.6 is 11.6 Å². The van der Waals surface area contributed by atoms with E-state index < -0.39 is 5.91 Å². The molecule has 6 nitrogen and oxygen atoms in total. The van der Waals surface area contributed by atoms with Gasteiger partial charge in [0.2, 0.25) is 0 Å². The van der Waals surface area contributed by atoms with Crippen molar-refractivity contribution in [3.63, 3.8) is 0 Å². The number of phenolic OH excluding ortho intramolecular Hbond substituents is 1. The first kappa shape index (κ1) is 17.6. The van der Waals surface area contributed by atoms with E-state index in [0.717, 1.165) is 0 Å². The fourth-order valence-corrected chi connectivity index (χ4v) is 2.61. The van der Waals surface area contributed by atoms with Crippen LogP contribution < -0.4 is 5.43 Å². The van der Waals surface area contributed by atoms with Crippen LogP contribution in [0.4, 0.5) is 4.39 Å². The average Bonchev–Trinajstić information content (AvgIpc) is 2.91. The van der Waals surface area contributed by atoms with Gasteiger partial charge in [0.25, 0.3) is 5.91 Å². The number of nitrogens with one attached hydrogen (secondary N) is 1. The minimum atomic E-state index is -0.556. The Bertz CT molecular complexity index is 983. The van der Waals surface area contributed by atoms with E-state index in [0.29, 0.717) is 16.9 Å². The van der Waals surface area contributed by atoms with E-state index in [-0.39, 0.29) is 22.3 Å². The van der Waals surface area contributed by atoms with Gasteiger partial charge in [-0.2, -0.15) is 10.2 Å². The molecule has 132 valence electrons. The zero-order valence-electron chi connectivity index (χ0n) is 13.6. The summed E-state index contributed by atoms with van der Waals surface area (Å²) in [7, 11) is 0. The summed E-state index contributed by atoms with van der Waals surface area (Å²) in [6, 6.07) is 11.8. The lowest BCUT2D eigenvalue weighted by Gasteiger charge is -2.03. The van der Waals surface area contributed by atoms with Crippen molar-refractivity contribution in [3.05, 3.63) is 76.3 Å². The van der Waals surface area contributed by atoms with Gasteiger partial charge in [-0.3, -0.25) is 4.79 Å². The predicted octanol–water partition coefficient (Wildman–Crippen LogP) is 3.44. The normalized spacial score (nSPS) is 11.0. The number of phenols is 1. The molecule has 0 saturated carbocycles. The van der Waals surface area contributed by atoms with E-state index >= 15 is 0 Å². The highest BCUT2D eigenvalue weighted by Crippen LogP contribution is 2.22. The van der Waals surface area contributed by atoms with Crippen molar-refractivity contribution in [2.45, 2.75) is 6.92 Å². The SMILES string of the molecule is Cc1nn(-c2ccc(F)cc2)c(Cl)c1/C=N/NC(=O)c1ccccc1O. The third-order valence-corrected chi connectivity index (χ3v) is 3.99. The van der Waals surface area contributed by atoms with E-state index in [4.69, 9.17) is 11.6 Å². The van der Waals surface area contributed by atoms with Gasteiger partial charge < -0.3 is 5.11 Å². The molecule has 2 N–H and O–H groups in total. The first-order chi connectivity index (χ1) is 12.5. The van der Waals surface area contributed by atoms with Gasteiger partial charge in [-0.15, -0.1) is 0 Å². The van der Waals surface area contributed by atoms with Crippen LogP contribution in [0.1, 0.15) is 21.6 Å². The highest BCUT2D eigenvalue weighted by Gasteiger charge is 2.14. The quantitative estimate of drug-likeness (QED) is 0.544. The number of nitrogens with zero attached hydrogens (tertiary/aromatic N) is 3. The molecule has 2 aromatic carbocycles. The summed E-state index contributed by atoms with van der Waals surface area (Å²) in [5.74, 6) is -1.06. The minimum Gasteiger partial charge on any atom is -0.507 e. The molecular weight excluding hydrogens is 359 g/mol. The van der Waals surface area contributed by atoms with Crippen LogP contribution in [0.15, 0.2) is 53.6 Å². The number of amides is 1. The van der Waals surface area contributed by atoms with Gasteiger partial charge in [0, 0.05) is 0 Å². The number of aromatic hydroxyl groups is 1. The summed E-state index contributed by atoms with van der Waals surface area (Å²) in [5, 5.41) is 18.1. The molecule has 0 unspecified atom stereocenters. The van der Waals surface area contributed by atoms with Crippen molar-refractivity contribution < 1.29 is 14.3 Å². The van der Waals surface area contributed by atoms with Crippen LogP contribution in [0.5, 0.6) is 5.75 Å². The van der Waals surface area contributed by atoms with Crippen LogP contribution in [0.25, 0.3) is 5.69 Å². The van der Waals surface area contributed by atoms with Gasteiger partial charge in [-0.25, -0.2) is 14.5 Å². The van der Waals surface area contributed by atoms with Gasteiger partial charge in [0.1, 0.15) is 16.7 Å². The van der Waals surface area contributed by atoms with E-state index in [2.05, 4.69) is 15.6 Å². The number of hydrogen-bond acceptors (Lipinski definition) is 4. The van der Waals surface area contributed by atoms with Crippen LogP contribution in [0.2, 0.25) is 5.15 Å². The van der Waals surface area contributed by atoms with Gasteiger partial charge in [-0.05, 0) is 43.3 Å². The highest BCUT2D eigenvalue weighted by molar-refractivity contribution is 6.32. The van der Waals surface area contributed by atoms with Crippen LogP contribution in [0, 0.1) is 12.7 Å². The molecule has 3 aromatic rings. The Morgan fingerprint density at radius 3 is 2.65 bits per heavy atom. The Morgan fingerprint density at radius 2 is 1.96 bits per heavy atom. The fraction of sp³-hybridized carbons (Fsp3) is 0.0556. The molecule has 8 heteroatoms. The van der Waals surface area contributed by atoms with Crippen LogP contribution in [0.3, 0.4) is 0 Å². The number of halogens is 2. The van der Waals surface area contributed by atoms with Gasteiger partial charge in [0.15, 0.2) is 0 Å². The second kappa shape index (κ2) is 7.37. The molecule has 0 bridgehead atoms. The number of hydrogen-bond donors (Lipinski definition) is 2. The standard InChI is InChI=1S/C18H14ClFN4O2/c1-11-15(10-21-22-18(26)14-4-2-3-5-16(14)25)17(19)24(23-11)13-8-6-12(20)7-9-13/h2-10,25H,1H3,(H,22,26)/b21-10+. The third kappa shape index (κ3) is 3.57. The van der Waals surface area contributed by atoms with E-state index in [1.165, 1.54) is 35.2 Å². The lowest BCUT2D eigenvalue weighted by Crippen LogP contribution is -2.17. The molecule has 0 spiro atoms. The first-order valence-corrected chi connectivity index (χ1v) is 7.97. The molecule has 26 heavy (non-hydrogen) atoms. The minimum absolute atomic E-state index is 0.106. The highest BCUT2D eigenvalue weighted by atomic mass is 35.5. The summed E-state index contributed by atoms with van der Waals surface area (Å²) in [6.45, 7) is 1.73. The number of carbonyl (C=O) groups is 1. The largest absolute Gasteiger partial charge is 0.507 e. The predicted molar refractivity (Wildman–Crippen MR) is 96.4 cm³/mol. The third-order valence-electron chi connectivity index (χ3n) is 3.63. The monoisotopic (exact) mass is 372 g/mol. The number of aromatic nitrogens is 2. The van der Waals surface area contributed by atoms with Crippen LogP contribution in [-0.4, -0.2) is 27.0 Å². The Balaban J connectivity index is 1.80.